The van der Waals surface area contributed by atoms with Crippen molar-refractivity contribution in [3.63, 3.8) is 0 Å². The first kappa shape index (κ1) is 9.66. The molecular formula is C8H17NO. The second-order valence-electron chi connectivity index (χ2n) is 2.48. The Morgan fingerprint density at radius 3 is 2.60 bits per heavy atom. The molecule has 0 spiro atoms. The van der Waals surface area contributed by atoms with Crippen molar-refractivity contribution in [2.45, 2.75) is 32.4 Å². The van der Waals surface area contributed by atoms with E-state index < -0.39 is 0 Å². The van der Waals surface area contributed by atoms with E-state index in [-0.39, 0.29) is 18.7 Å². The lowest BCUT2D eigenvalue weighted by atomic mass is 10.2. The molecule has 0 aromatic rings. The Kier molecular flexibility index (Phi) is 5.26. The van der Waals surface area contributed by atoms with Gasteiger partial charge in [-0.15, -0.1) is 6.58 Å². The minimum Gasteiger partial charge on any atom is -0.395 e. The number of rotatable bonds is 5. The highest BCUT2D eigenvalue weighted by Gasteiger charge is 2.04. The molecular weight excluding hydrogens is 126 g/mol. The second-order valence-corrected chi connectivity index (χ2v) is 2.48. The van der Waals surface area contributed by atoms with Gasteiger partial charge in [0.05, 0.1) is 6.61 Å². The molecule has 0 fully saturated rings. The zero-order valence-corrected chi connectivity index (χ0v) is 6.80. The summed E-state index contributed by atoms with van der Waals surface area (Å²) in [6, 6.07) is 0.505. The van der Waals surface area contributed by atoms with Crippen LogP contribution in [0.3, 0.4) is 0 Å². The monoisotopic (exact) mass is 143 g/mol. The van der Waals surface area contributed by atoms with Gasteiger partial charge in [0.2, 0.25) is 0 Å². The number of nitrogens with one attached hydrogen (secondary N) is 1. The Hall–Kier alpha value is -0.340. The van der Waals surface area contributed by atoms with Crippen molar-refractivity contribution in [3.8, 4) is 0 Å². The van der Waals surface area contributed by atoms with E-state index in [1.807, 2.05) is 19.9 Å². The highest BCUT2D eigenvalue weighted by atomic mass is 16.3. The van der Waals surface area contributed by atoms with Crippen molar-refractivity contribution in [2.75, 3.05) is 6.61 Å². The number of hydrogen-bond acceptors (Lipinski definition) is 2. The minimum absolute atomic E-state index is 0.203. The van der Waals surface area contributed by atoms with Gasteiger partial charge in [0.15, 0.2) is 0 Å². The number of aliphatic hydroxyl groups excluding tert-OH is 1. The van der Waals surface area contributed by atoms with Gasteiger partial charge in [-0.05, 0) is 13.3 Å². The molecule has 0 aromatic heterocycles. The van der Waals surface area contributed by atoms with Crippen LogP contribution in [0.1, 0.15) is 20.3 Å². The average molecular weight is 143 g/mol. The van der Waals surface area contributed by atoms with Crippen LogP contribution in [-0.2, 0) is 0 Å². The molecule has 2 N–H and O–H groups in total. The first-order valence-electron chi connectivity index (χ1n) is 3.74. The summed E-state index contributed by atoms with van der Waals surface area (Å²) < 4.78 is 0. The van der Waals surface area contributed by atoms with Gasteiger partial charge in [-0.25, -0.2) is 0 Å². The fourth-order valence-corrected chi connectivity index (χ4v) is 0.739. The maximum atomic E-state index is 8.77. The lowest BCUT2D eigenvalue weighted by molar-refractivity contribution is 0.235. The van der Waals surface area contributed by atoms with Crippen molar-refractivity contribution in [1.82, 2.24) is 5.32 Å². The average Bonchev–Trinajstić information content (AvgIpc) is 1.99. The first-order valence-corrected chi connectivity index (χ1v) is 3.74. The number of aliphatic hydroxyl groups is 1. The summed E-state index contributed by atoms with van der Waals surface area (Å²) in [5.74, 6) is 0. The van der Waals surface area contributed by atoms with Crippen LogP contribution < -0.4 is 5.32 Å². The summed E-state index contributed by atoms with van der Waals surface area (Å²) >= 11 is 0. The molecule has 10 heavy (non-hydrogen) atoms. The fraction of sp³-hybridized carbons (Fsp3) is 0.750. The molecule has 0 saturated heterocycles. The van der Waals surface area contributed by atoms with Crippen LogP contribution in [0.15, 0.2) is 12.7 Å². The molecule has 2 atom stereocenters. The van der Waals surface area contributed by atoms with E-state index in [1.54, 1.807) is 0 Å². The van der Waals surface area contributed by atoms with Crippen LogP contribution in [0.25, 0.3) is 0 Å². The zero-order valence-electron chi connectivity index (χ0n) is 6.80. The van der Waals surface area contributed by atoms with Crippen molar-refractivity contribution in [1.29, 1.82) is 0 Å². The van der Waals surface area contributed by atoms with Crippen LogP contribution in [0.5, 0.6) is 0 Å². The molecule has 2 nitrogen and oxygen atoms in total. The molecule has 0 aromatic carbocycles. The normalized spacial score (nSPS) is 16.3. The summed E-state index contributed by atoms with van der Waals surface area (Å²) in [6.07, 6.45) is 2.78. The standard InChI is InChI=1S/C8H17NO/c1-4-7(3)9-8(5-2)6-10/h4,7-10H,1,5-6H2,2-3H3. The SMILES string of the molecule is C=CC(C)NC(CC)CO. The fourth-order valence-electron chi connectivity index (χ4n) is 0.739. The molecule has 0 aliphatic carbocycles. The number of hydrogen-bond donors (Lipinski definition) is 2. The molecule has 0 rings (SSSR count). The minimum atomic E-state index is 0.203. The quantitative estimate of drug-likeness (QED) is 0.561. The largest absolute Gasteiger partial charge is 0.395 e. The Balaban J connectivity index is 3.51. The predicted octanol–water partition coefficient (Wildman–Crippen LogP) is 0.921. The van der Waals surface area contributed by atoms with Gasteiger partial charge < -0.3 is 10.4 Å². The lowest BCUT2D eigenvalue weighted by Gasteiger charge is -2.17. The predicted molar refractivity (Wildman–Crippen MR) is 44.0 cm³/mol. The van der Waals surface area contributed by atoms with Gasteiger partial charge in [0, 0.05) is 12.1 Å². The highest BCUT2D eigenvalue weighted by molar-refractivity contribution is 4.83. The smallest absolute Gasteiger partial charge is 0.0584 e. The molecule has 0 saturated carbocycles. The summed E-state index contributed by atoms with van der Waals surface area (Å²) in [6.45, 7) is 7.91. The van der Waals surface area contributed by atoms with Gasteiger partial charge in [0.25, 0.3) is 0 Å². The van der Waals surface area contributed by atoms with E-state index in [4.69, 9.17) is 5.11 Å². The van der Waals surface area contributed by atoms with E-state index in [9.17, 15) is 0 Å². The van der Waals surface area contributed by atoms with E-state index >= 15 is 0 Å². The molecule has 0 heterocycles. The van der Waals surface area contributed by atoms with Crippen molar-refractivity contribution in [2.24, 2.45) is 0 Å². The maximum Gasteiger partial charge on any atom is 0.0584 e. The Bertz CT molecular complexity index is 89.3. The molecule has 0 aliphatic rings. The van der Waals surface area contributed by atoms with Gasteiger partial charge in [0.1, 0.15) is 0 Å². The third kappa shape index (κ3) is 3.64. The molecule has 0 radical (unpaired) electrons. The third-order valence-corrected chi connectivity index (χ3v) is 1.57. The molecule has 2 unspecified atom stereocenters. The van der Waals surface area contributed by atoms with Crippen molar-refractivity contribution in [3.05, 3.63) is 12.7 Å². The maximum absolute atomic E-state index is 8.77. The van der Waals surface area contributed by atoms with Gasteiger partial charge in [-0.1, -0.05) is 13.0 Å². The van der Waals surface area contributed by atoms with Crippen LogP contribution in [0.2, 0.25) is 0 Å². The van der Waals surface area contributed by atoms with Crippen LogP contribution in [0.4, 0.5) is 0 Å². The van der Waals surface area contributed by atoms with Gasteiger partial charge >= 0.3 is 0 Å². The summed E-state index contributed by atoms with van der Waals surface area (Å²) in [7, 11) is 0. The Morgan fingerprint density at radius 1 is 1.70 bits per heavy atom. The highest BCUT2D eigenvalue weighted by Crippen LogP contribution is 1.92. The molecule has 2 heteroatoms. The third-order valence-electron chi connectivity index (χ3n) is 1.57. The molecule has 0 aliphatic heterocycles. The van der Waals surface area contributed by atoms with Gasteiger partial charge in [-0.3, -0.25) is 0 Å². The van der Waals surface area contributed by atoms with E-state index in [0.717, 1.165) is 6.42 Å². The molecule has 60 valence electrons. The van der Waals surface area contributed by atoms with Gasteiger partial charge in [-0.2, -0.15) is 0 Å². The summed E-state index contributed by atoms with van der Waals surface area (Å²) in [4.78, 5) is 0. The lowest BCUT2D eigenvalue weighted by Crippen LogP contribution is -2.37. The molecule has 0 bridgehead atoms. The van der Waals surface area contributed by atoms with Crippen LogP contribution in [0, 0.1) is 0 Å². The Morgan fingerprint density at radius 2 is 2.30 bits per heavy atom. The summed E-state index contributed by atoms with van der Waals surface area (Å²) in [5, 5.41) is 12.0. The van der Waals surface area contributed by atoms with E-state index in [1.165, 1.54) is 0 Å². The van der Waals surface area contributed by atoms with Crippen molar-refractivity contribution < 1.29 is 5.11 Å². The summed E-state index contributed by atoms with van der Waals surface area (Å²) in [5.41, 5.74) is 0. The van der Waals surface area contributed by atoms with Crippen LogP contribution >= 0.6 is 0 Å². The van der Waals surface area contributed by atoms with E-state index in [2.05, 4.69) is 11.9 Å². The first-order chi connectivity index (χ1) is 4.74. The Labute approximate surface area is 62.9 Å². The second kappa shape index (κ2) is 5.45. The molecule has 0 amide bonds. The van der Waals surface area contributed by atoms with Crippen LogP contribution in [-0.4, -0.2) is 23.8 Å². The van der Waals surface area contributed by atoms with Crippen molar-refractivity contribution >= 4 is 0 Å². The van der Waals surface area contributed by atoms with E-state index in [0.29, 0.717) is 0 Å². The zero-order chi connectivity index (χ0) is 7.98. The topological polar surface area (TPSA) is 32.3 Å².